The summed E-state index contributed by atoms with van der Waals surface area (Å²) < 4.78 is 17.3. The van der Waals surface area contributed by atoms with Crippen LogP contribution in [0.2, 0.25) is 0 Å². The molecule has 0 heterocycles. The second-order valence-corrected chi connectivity index (χ2v) is 10.3. The van der Waals surface area contributed by atoms with Gasteiger partial charge >= 0.3 is 0 Å². The first kappa shape index (κ1) is 20.8. The Morgan fingerprint density at radius 1 is 0.677 bits per heavy atom. The van der Waals surface area contributed by atoms with Gasteiger partial charge in [-0.3, -0.25) is 4.79 Å². The third-order valence-corrected chi connectivity index (χ3v) is 9.12. The van der Waals surface area contributed by atoms with Crippen LogP contribution in [0.4, 0.5) is 4.39 Å². The van der Waals surface area contributed by atoms with Crippen LogP contribution >= 0.6 is 6.89 Å². The molecular formula is C27H22FO2P. The van der Waals surface area contributed by atoms with Crippen LogP contribution in [-0.4, -0.2) is 18.4 Å². The van der Waals surface area contributed by atoms with Crippen molar-refractivity contribution in [3.8, 4) is 5.75 Å². The SMILES string of the molecule is O=C(C=P(c1ccccc1)(c1ccccc1)c1ccccc1)c1ccc(OCF)cc1. The maximum Gasteiger partial charge on any atom is 0.228 e. The summed E-state index contributed by atoms with van der Waals surface area (Å²) in [5.74, 6) is 2.21. The van der Waals surface area contributed by atoms with Crippen LogP contribution in [0.25, 0.3) is 0 Å². The van der Waals surface area contributed by atoms with Crippen LogP contribution in [0.15, 0.2) is 115 Å². The van der Waals surface area contributed by atoms with Crippen LogP contribution in [-0.2, 0) is 0 Å². The van der Waals surface area contributed by atoms with E-state index in [4.69, 9.17) is 4.74 Å². The Hall–Kier alpha value is -3.42. The Morgan fingerprint density at radius 2 is 1.10 bits per heavy atom. The summed E-state index contributed by atoms with van der Waals surface area (Å²) in [4.78, 5) is 13.5. The van der Waals surface area contributed by atoms with E-state index in [9.17, 15) is 9.18 Å². The fourth-order valence-corrected chi connectivity index (χ4v) is 7.46. The van der Waals surface area contributed by atoms with Crippen LogP contribution in [0.1, 0.15) is 10.4 Å². The molecule has 0 bridgehead atoms. The van der Waals surface area contributed by atoms with Gasteiger partial charge < -0.3 is 4.74 Å². The molecule has 0 aliphatic carbocycles. The Labute approximate surface area is 181 Å². The Bertz CT molecular complexity index is 1090. The van der Waals surface area contributed by atoms with Crippen molar-refractivity contribution < 1.29 is 13.9 Å². The molecule has 0 amide bonds. The highest BCUT2D eigenvalue weighted by Crippen LogP contribution is 2.43. The maximum atomic E-state index is 13.5. The number of carbonyl (C=O) groups is 1. The first-order valence-corrected chi connectivity index (χ1v) is 11.8. The summed E-state index contributed by atoms with van der Waals surface area (Å²) in [5.41, 5.74) is 0.540. The number of ether oxygens (including phenoxy) is 1. The average Bonchev–Trinajstić information content (AvgIpc) is 2.85. The minimum atomic E-state index is -2.37. The van der Waals surface area contributed by atoms with Crippen LogP contribution in [0.3, 0.4) is 0 Å². The fourth-order valence-electron chi connectivity index (χ4n) is 3.69. The lowest BCUT2D eigenvalue weighted by molar-refractivity contribution is 0.107. The van der Waals surface area contributed by atoms with Crippen molar-refractivity contribution in [2.75, 3.05) is 6.86 Å². The van der Waals surface area contributed by atoms with Crippen molar-refractivity contribution in [1.29, 1.82) is 0 Å². The number of carbonyl (C=O) groups excluding carboxylic acids is 1. The Kier molecular flexibility index (Phi) is 6.45. The molecule has 0 saturated heterocycles. The van der Waals surface area contributed by atoms with Gasteiger partial charge in [-0.2, -0.15) is 0 Å². The van der Waals surface area contributed by atoms with E-state index in [1.165, 1.54) is 0 Å². The standard InChI is InChI=1S/C27H22FO2P/c28-21-30-23-18-16-22(17-19-23)27(29)20-31(24-10-4-1-5-11-24,25-12-6-2-7-13-25)26-14-8-3-9-15-26/h1-20H,21H2. The molecule has 31 heavy (non-hydrogen) atoms. The van der Waals surface area contributed by atoms with Gasteiger partial charge in [0.2, 0.25) is 6.86 Å². The molecule has 0 aliphatic heterocycles. The molecule has 0 saturated carbocycles. The molecule has 0 N–H and O–H groups in total. The smallest absolute Gasteiger partial charge is 0.228 e. The lowest BCUT2D eigenvalue weighted by atomic mass is 10.1. The van der Waals surface area contributed by atoms with E-state index in [2.05, 4.69) is 36.4 Å². The molecule has 4 aromatic carbocycles. The van der Waals surface area contributed by atoms with Gasteiger partial charge in [-0.25, -0.2) is 4.39 Å². The largest absolute Gasteiger partial charge is 0.463 e. The zero-order valence-corrected chi connectivity index (χ0v) is 17.8. The summed E-state index contributed by atoms with van der Waals surface area (Å²) in [6, 6.07) is 37.2. The molecule has 4 aromatic rings. The minimum absolute atomic E-state index is 0.0725. The summed E-state index contributed by atoms with van der Waals surface area (Å²) in [6.45, 7) is -3.26. The van der Waals surface area contributed by atoms with E-state index in [1.807, 2.05) is 60.4 Å². The number of benzene rings is 4. The number of alkyl halides is 1. The van der Waals surface area contributed by atoms with E-state index in [0.29, 0.717) is 11.3 Å². The Balaban J connectivity index is 1.96. The lowest BCUT2D eigenvalue weighted by Crippen LogP contribution is -2.28. The molecule has 0 spiro atoms. The topological polar surface area (TPSA) is 26.3 Å². The number of hydrogen-bond donors (Lipinski definition) is 0. The fraction of sp³-hybridized carbons (Fsp3) is 0.0370. The summed E-state index contributed by atoms with van der Waals surface area (Å²) in [7, 11) is 0. The first-order valence-electron chi connectivity index (χ1n) is 9.99. The normalized spacial score (nSPS) is 11.0. The summed E-state index contributed by atoms with van der Waals surface area (Å²) in [6.07, 6.45) is 0. The van der Waals surface area contributed by atoms with Crippen molar-refractivity contribution in [3.63, 3.8) is 0 Å². The number of ketones is 1. The van der Waals surface area contributed by atoms with Gasteiger partial charge in [0, 0.05) is 5.56 Å². The second kappa shape index (κ2) is 9.59. The molecule has 0 unspecified atom stereocenters. The number of hydrogen-bond acceptors (Lipinski definition) is 2. The molecule has 4 heteroatoms. The van der Waals surface area contributed by atoms with E-state index in [-0.39, 0.29) is 5.78 Å². The summed E-state index contributed by atoms with van der Waals surface area (Å²) in [5, 5.41) is 3.33. The lowest BCUT2D eigenvalue weighted by Gasteiger charge is -2.28. The van der Waals surface area contributed by atoms with E-state index >= 15 is 0 Å². The second-order valence-electron chi connectivity index (χ2n) is 7.00. The monoisotopic (exact) mass is 428 g/mol. The van der Waals surface area contributed by atoms with Gasteiger partial charge in [0.1, 0.15) is 5.75 Å². The van der Waals surface area contributed by atoms with E-state index < -0.39 is 13.7 Å². The van der Waals surface area contributed by atoms with Crippen molar-refractivity contribution >= 4 is 34.4 Å². The van der Waals surface area contributed by atoms with Gasteiger partial charge in [-0.1, -0.05) is 91.0 Å². The quantitative estimate of drug-likeness (QED) is 0.307. The third kappa shape index (κ3) is 4.38. The molecule has 0 aliphatic rings. The molecule has 0 atom stereocenters. The highest BCUT2D eigenvalue weighted by molar-refractivity contribution is 7.95. The van der Waals surface area contributed by atoms with Crippen molar-refractivity contribution in [2.24, 2.45) is 0 Å². The highest BCUT2D eigenvalue weighted by Gasteiger charge is 2.26. The van der Waals surface area contributed by atoms with E-state index in [1.54, 1.807) is 24.3 Å². The van der Waals surface area contributed by atoms with Gasteiger partial charge in [0.25, 0.3) is 0 Å². The van der Waals surface area contributed by atoms with Gasteiger partial charge in [-0.15, -0.1) is 0 Å². The molecule has 0 fully saturated rings. The molecule has 4 rings (SSSR count). The van der Waals surface area contributed by atoms with Crippen LogP contribution < -0.4 is 20.7 Å². The molecular weight excluding hydrogens is 406 g/mol. The molecule has 0 radical (unpaired) electrons. The summed E-state index contributed by atoms with van der Waals surface area (Å²) >= 11 is 0. The van der Waals surface area contributed by atoms with Crippen LogP contribution in [0, 0.1) is 0 Å². The zero-order chi connectivity index (χ0) is 21.5. The van der Waals surface area contributed by atoms with E-state index in [0.717, 1.165) is 15.9 Å². The van der Waals surface area contributed by atoms with Gasteiger partial charge in [0.15, 0.2) is 5.78 Å². The van der Waals surface area contributed by atoms with Crippen molar-refractivity contribution in [3.05, 3.63) is 121 Å². The highest BCUT2D eigenvalue weighted by atomic mass is 31.2. The Morgan fingerprint density at radius 3 is 1.48 bits per heavy atom. The van der Waals surface area contributed by atoms with Crippen molar-refractivity contribution in [1.82, 2.24) is 0 Å². The minimum Gasteiger partial charge on any atom is -0.463 e. The first-order chi connectivity index (χ1) is 15.2. The molecule has 2 nitrogen and oxygen atoms in total. The van der Waals surface area contributed by atoms with Gasteiger partial charge in [-0.05, 0) is 52.9 Å². The third-order valence-electron chi connectivity index (χ3n) is 5.16. The predicted octanol–water partition coefficient (Wildman–Crippen LogP) is 4.97. The molecule has 0 aromatic heterocycles. The van der Waals surface area contributed by atoms with Crippen molar-refractivity contribution in [2.45, 2.75) is 0 Å². The average molecular weight is 428 g/mol. The predicted molar refractivity (Wildman–Crippen MR) is 129 cm³/mol. The molecule has 154 valence electrons. The van der Waals surface area contributed by atoms with Gasteiger partial charge in [0.05, 0.1) is 0 Å². The zero-order valence-electron chi connectivity index (χ0n) is 16.9. The number of rotatable bonds is 7. The number of Topliss-reactive ketones (excluding diaryl/α,β-unsaturated/α-hetero) is 1. The number of halogens is 1. The maximum absolute atomic E-state index is 13.5. The van der Waals surface area contributed by atoms with Crippen LogP contribution in [0.5, 0.6) is 5.75 Å².